The van der Waals surface area contributed by atoms with E-state index in [1.807, 2.05) is 11.0 Å². The summed E-state index contributed by atoms with van der Waals surface area (Å²) >= 11 is 0. The predicted octanol–water partition coefficient (Wildman–Crippen LogP) is 4.52. The Labute approximate surface area is 171 Å². The van der Waals surface area contributed by atoms with Crippen molar-refractivity contribution < 1.29 is 14.3 Å². The summed E-state index contributed by atoms with van der Waals surface area (Å²) in [4.78, 5) is 14.9. The van der Waals surface area contributed by atoms with Gasteiger partial charge in [-0.1, -0.05) is 11.6 Å². The third-order valence-corrected chi connectivity index (χ3v) is 6.03. The topological polar surface area (TPSA) is 43.7 Å². The Morgan fingerprint density at radius 2 is 1.72 bits per heavy atom. The number of amides is 1. The first-order chi connectivity index (χ1) is 14.0. The highest BCUT2D eigenvalue weighted by atomic mass is 16.5. The molecule has 0 aliphatic carbocycles. The molecular formula is C24H28N2O3. The number of benzene rings is 2. The number of likely N-dealkylation sites (tertiary alicyclic amines) is 1. The second kappa shape index (κ2) is 7.82. The average Bonchev–Trinajstić information content (AvgIpc) is 3.08. The lowest BCUT2D eigenvalue weighted by molar-refractivity contribution is 0.0713. The predicted molar refractivity (Wildman–Crippen MR) is 115 cm³/mol. The molecule has 0 radical (unpaired) electrons. The number of nitrogens with zero attached hydrogens (tertiary/aromatic N) is 2. The molecule has 29 heavy (non-hydrogen) atoms. The SMILES string of the molecule is COc1ccc(C(=O)N2CCC(c3cn(C)c4ccc(C)cc34)CC2)cc1OC. The van der Waals surface area contributed by atoms with E-state index in [4.69, 9.17) is 9.47 Å². The van der Waals surface area contributed by atoms with Gasteiger partial charge < -0.3 is 18.9 Å². The molecule has 0 spiro atoms. The van der Waals surface area contributed by atoms with E-state index in [0.717, 1.165) is 25.9 Å². The van der Waals surface area contributed by atoms with Crippen LogP contribution in [0, 0.1) is 6.92 Å². The van der Waals surface area contributed by atoms with Gasteiger partial charge in [0.15, 0.2) is 11.5 Å². The van der Waals surface area contributed by atoms with Crippen LogP contribution >= 0.6 is 0 Å². The molecule has 0 saturated carbocycles. The molecule has 0 unspecified atom stereocenters. The molecule has 1 aliphatic rings. The van der Waals surface area contributed by atoms with Gasteiger partial charge in [0.2, 0.25) is 0 Å². The number of hydrogen-bond donors (Lipinski definition) is 0. The maximum Gasteiger partial charge on any atom is 0.253 e. The van der Waals surface area contributed by atoms with E-state index in [2.05, 4.69) is 42.9 Å². The molecule has 1 aromatic heterocycles. The Hall–Kier alpha value is -2.95. The van der Waals surface area contributed by atoms with Gasteiger partial charge in [0.05, 0.1) is 14.2 Å². The van der Waals surface area contributed by atoms with E-state index in [1.54, 1.807) is 26.4 Å². The molecule has 5 heteroatoms. The maximum absolute atomic E-state index is 13.0. The molecule has 152 valence electrons. The average molecular weight is 392 g/mol. The highest BCUT2D eigenvalue weighted by molar-refractivity contribution is 5.95. The summed E-state index contributed by atoms with van der Waals surface area (Å²) in [6.07, 6.45) is 4.22. The summed E-state index contributed by atoms with van der Waals surface area (Å²) in [5.74, 6) is 1.75. The Kier molecular flexibility index (Phi) is 5.22. The van der Waals surface area contributed by atoms with Gasteiger partial charge in [-0.05, 0) is 61.6 Å². The molecule has 4 rings (SSSR count). The van der Waals surface area contributed by atoms with Crippen molar-refractivity contribution in [3.05, 3.63) is 59.3 Å². The summed E-state index contributed by atoms with van der Waals surface area (Å²) in [5.41, 5.74) is 4.60. The van der Waals surface area contributed by atoms with Gasteiger partial charge in [0.1, 0.15) is 0 Å². The fraction of sp³-hybridized carbons (Fsp3) is 0.375. The summed E-state index contributed by atoms with van der Waals surface area (Å²) in [7, 11) is 5.29. The Morgan fingerprint density at radius 1 is 1.00 bits per heavy atom. The van der Waals surface area contributed by atoms with E-state index in [0.29, 0.717) is 23.0 Å². The summed E-state index contributed by atoms with van der Waals surface area (Å²) in [6, 6.07) is 12.0. The van der Waals surface area contributed by atoms with E-state index in [1.165, 1.54) is 22.0 Å². The van der Waals surface area contributed by atoms with Crippen molar-refractivity contribution in [1.82, 2.24) is 9.47 Å². The number of rotatable bonds is 4. The smallest absolute Gasteiger partial charge is 0.253 e. The third-order valence-electron chi connectivity index (χ3n) is 6.03. The largest absolute Gasteiger partial charge is 0.493 e. The highest BCUT2D eigenvalue weighted by Gasteiger charge is 2.27. The minimum Gasteiger partial charge on any atom is -0.493 e. The van der Waals surface area contributed by atoms with Crippen molar-refractivity contribution in [1.29, 1.82) is 0 Å². The number of piperidine rings is 1. The molecule has 0 bridgehead atoms. The molecule has 1 aliphatic heterocycles. The van der Waals surface area contributed by atoms with Gasteiger partial charge in [-0.3, -0.25) is 4.79 Å². The van der Waals surface area contributed by atoms with Crippen molar-refractivity contribution in [3.63, 3.8) is 0 Å². The van der Waals surface area contributed by atoms with Crippen LogP contribution in [0.25, 0.3) is 10.9 Å². The van der Waals surface area contributed by atoms with Crippen LogP contribution in [0.2, 0.25) is 0 Å². The first-order valence-corrected chi connectivity index (χ1v) is 10.1. The van der Waals surface area contributed by atoms with Gasteiger partial charge >= 0.3 is 0 Å². The van der Waals surface area contributed by atoms with Crippen LogP contribution in [-0.4, -0.2) is 42.7 Å². The monoisotopic (exact) mass is 392 g/mol. The molecule has 1 saturated heterocycles. The quantitative estimate of drug-likeness (QED) is 0.655. The molecule has 1 fully saturated rings. The standard InChI is InChI=1S/C24H28N2O3/c1-16-5-7-21-19(13-16)20(15-25(21)2)17-9-11-26(12-10-17)24(27)18-6-8-22(28-3)23(14-18)29-4/h5-8,13-15,17H,9-12H2,1-4H3. The minimum atomic E-state index is 0.0539. The molecular weight excluding hydrogens is 364 g/mol. The first kappa shape index (κ1) is 19.4. The van der Waals surface area contributed by atoms with Gasteiger partial charge in [-0.25, -0.2) is 0 Å². The second-order valence-electron chi connectivity index (χ2n) is 7.85. The summed E-state index contributed by atoms with van der Waals surface area (Å²) in [5, 5.41) is 1.34. The molecule has 2 heterocycles. The van der Waals surface area contributed by atoms with Crippen LogP contribution in [0.5, 0.6) is 11.5 Å². The second-order valence-corrected chi connectivity index (χ2v) is 7.85. The van der Waals surface area contributed by atoms with Crippen LogP contribution in [0.4, 0.5) is 0 Å². The van der Waals surface area contributed by atoms with Crippen molar-refractivity contribution in [2.24, 2.45) is 7.05 Å². The first-order valence-electron chi connectivity index (χ1n) is 10.1. The molecule has 1 amide bonds. The Balaban J connectivity index is 1.50. The lowest BCUT2D eigenvalue weighted by Crippen LogP contribution is -2.37. The van der Waals surface area contributed by atoms with E-state index < -0.39 is 0 Å². The fourth-order valence-corrected chi connectivity index (χ4v) is 4.41. The van der Waals surface area contributed by atoms with E-state index in [9.17, 15) is 4.79 Å². The van der Waals surface area contributed by atoms with Crippen LogP contribution < -0.4 is 9.47 Å². The number of carbonyl (C=O) groups excluding carboxylic acids is 1. The lowest BCUT2D eigenvalue weighted by Gasteiger charge is -2.32. The zero-order chi connectivity index (χ0) is 20.5. The van der Waals surface area contributed by atoms with Crippen LogP contribution in [-0.2, 0) is 7.05 Å². The number of aryl methyl sites for hydroxylation is 2. The number of ether oxygens (including phenoxy) is 2. The van der Waals surface area contributed by atoms with E-state index in [-0.39, 0.29) is 5.91 Å². The Bertz CT molecular complexity index is 1050. The van der Waals surface area contributed by atoms with E-state index >= 15 is 0 Å². The van der Waals surface area contributed by atoms with Gasteiger partial charge in [-0.2, -0.15) is 0 Å². The number of aromatic nitrogens is 1. The lowest BCUT2D eigenvalue weighted by atomic mass is 9.88. The fourth-order valence-electron chi connectivity index (χ4n) is 4.41. The van der Waals surface area contributed by atoms with Gasteiger partial charge in [0.25, 0.3) is 5.91 Å². The summed E-state index contributed by atoms with van der Waals surface area (Å²) < 4.78 is 12.8. The third kappa shape index (κ3) is 3.57. The molecule has 0 atom stereocenters. The normalized spacial score (nSPS) is 15.0. The van der Waals surface area contributed by atoms with Crippen molar-refractivity contribution in [2.45, 2.75) is 25.7 Å². The van der Waals surface area contributed by atoms with Crippen LogP contribution in [0.3, 0.4) is 0 Å². The van der Waals surface area contributed by atoms with Crippen LogP contribution in [0.1, 0.15) is 40.2 Å². The number of fused-ring (bicyclic) bond motifs is 1. The molecule has 5 nitrogen and oxygen atoms in total. The molecule has 3 aromatic rings. The highest BCUT2D eigenvalue weighted by Crippen LogP contribution is 2.35. The van der Waals surface area contributed by atoms with Crippen LogP contribution in [0.15, 0.2) is 42.6 Å². The number of hydrogen-bond acceptors (Lipinski definition) is 3. The van der Waals surface area contributed by atoms with Crippen molar-refractivity contribution in [3.8, 4) is 11.5 Å². The zero-order valence-electron chi connectivity index (χ0n) is 17.6. The maximum atomic E-state index is 13.0. The Morgan fingerprint density at radius 3 is 2.41 bits per heavy atom. The summed E-state index contributed by atoms with van der Waals surface area (Å²) in [6.45, 7) is 3.67. The zero-order valence-corrected chi connectivity index (χ0v) is 17.6. The molecule has 2 aromatic carbocycles. The van der Waals surface area contributed by atoms with Crippen molar-refractivity contribution >= 4 is 16.8 Å². The van der Waals surface area contributed by atoms with Gasteiger partial charge in [0, 0.05) is 42.8 Å². The number of methoxy groups -OCH3 is 2. The number of carbonyl (C=O) groups is 1. The van der Waals surface area contributed by atoms with Gasteiger partial charge in [-0.15, -0.1) is 0 Å². The van der Waals surface area contributed by atoms with Crippen molar-refractivity contribution in [2.75, 3.05) is 27.3 Å². The molecule has 0 N–H and O–H groups in total. The minimum absolute atomic E-state index is 0.0539.